The second-order valence-electron chi connectivity index (χ2n) is 5.56. The van der Waals surface area contributed by atoms with E-state index < -0.39 is 0 Å². The van der Waals surface area contributed by atoms with Gasteiger partial charge in [0.05, 0.1) is 10.8 Å². The van der Waals surface area contributed by atoms with Crippen molar-refractivity contribution < 1.29 is 0 Å². The first-order chi connectivity index (χ1) is 10.2. The summed E-state index contributed by atoms with van der Waals surface area (Å²) in [7, 11) is 0. The number of thiophene rings is 1. The van der Waals surface area contributed by atoms with Crippen LogP contribution in [0, 0.1) is 6.92 Å². The zero-order chi connectivity index (χ0) is 14.4. The van der Waals surface area contributed by atoms with Gasteiger partial charge in [-0.15, -0.1) is 11.3 Å². The summed E-state index contributed by atoms with van der Waals surface area (Å²) in [4.78, 5) is 11.8. The van der Waals surface area contributed by atoms with E-state index in [1.807, 2.05) is 6.07 Å². The summed E-state index contributed by atoms with van der Waals surface area (Å²) in [6.07, 6.45) is 2.19. The second kappa shape index (κ2) is 4.51. The second-order valence-corrected chi connectivity index (χ2v) is 6.80. The third-order valence-electron chi connectivity index (χ3n) is 4.16. The van der Waals surface area contributed by atoms with E-state index in [-0.39, 0.29) is 5.41 Å². The standard InChI is InChI=1S/C16H16N4S/c1-10-9-12-13(20-17)18-15(19-14(12)21-10)16(7-8-16)11-5-3-2-4-6-11/h2-6,9H,7-8,17H2,1H3,(H,18,19,20). The summed E-state index contributed by atoms with van der Waals surface area (Å²) in [5.74, 6) is 7.27. The molecule has 1 saturated carbocycles. The van der Waals surface area contributed by atoms with Gasteiger partial charge in [-0.25, -0.2) is 15.8 Å². The molecule has 3 aromatic rings. The van der Waals surface area contributed by atoms with Crippen molar-refractivity contribution in [1.29, 1.82) is 0 Å². The fraction of sp³-hybridized carbons (Fsp3) is 0.250. The lowest BCUT2D eigenvalue weighted by atomic mass is 9.95. The van der Waals surface area contributed by atoms with Gasteiger partial charge in [-0.3, -0.25) is 0 Å². The van der Waals surface area contributed by atoms with E-state index in [0.717, 1.165) is 34.7 Å². The molecule has 0 unspecified atom stereocenters. The molecule has 1 aromatic carbocycles. The number of nitrogen functional groups attached to an aromatic ring is 1. The topological polar surface area (TPSA) is 63.8 Å². The average Bonchev–Trinajstić information content (AvgIpc) is 3.23. The molecule has 0 spiro atoms. The minimum atomic E-state index is -0.0288. The summed E-state index contributed by atoms with van der Waals surface area (Å²) in [6.45, 7) is 2.08. The van der Waals surface area contributed by atoms with E-state index in [1.54, 1.807) is 11.3 Å². The summed E-state index contributed by atoms with van der Waals surface area (Å²) < 4.78 is 0. The van der Waals surface area contributed by atoms with Crippen LogP contribution in [0.3, 0.4) is 0 Å². The van der Waals surface area contributed by atoms with E-state index >= 15 is 0 Å². The zero-order valence-electron chi connectivity index (χ0n) is 11.8. The normalized spacial score (nSPS) is 16.1. The minimum Gasteiger partial charge on any atom is -0.308 e. The van der Waals surface area contributed by atoms with Crippen LogP contribution in [-0.2, 0) is 5.41 Å². The summed E-state index contributed by atoms with van der Waals surface area (Å²) in [5.41, 5.74) is 3.99. The van der Waals surface area contributed by atoms with Crippen molar-refractivity contribution in [2.24, 2.45) is 5.84 Å². The molecule has 1 aliphatic rings. The highest BCUT2D eigenvalue weighted by Crippen LogP contribution is 2.52. The first kappa shape index (κ1) is 12.7. The van der Waals surface area contributed by atoms with Crippen LogP contribution in [0.5, 0.6) is 0 Å². The third kappa shape index (κ3) is 1.92. The Balaban J connectivity index is 1.91. The van der Waals surface area contributed by atoms with Gasteiger partial charge in [0.25, 0.3) is 0 Å². The Morgan fingerprint density at radius 2 is 1.95 bits per heavy atom. The number of benzene rings is 1. The van der Waals surface area contributed by atoms with Crippen LogP contribution >= 0.6 is 11.3 Å². The third-order valence-corrected chi connectivity index (χ3v) is 5.10. The number of nitrogens with zero attached hydrogens (tertiary/aromatic N) is 2. The number of hydrogen-bond donors (Lipinski definition) is 2. The number of nitrogens with one attached hydrogen (secondary N) is 1. The molecule has 2 heterocycles. The SMILES string of the molecule is Cc1cc2c(NN)nc(C3(c4ccccc4)CC3)nc2s1. The number of aryl methyl sites for hydroxylation is 1. The van der Waals surface area contributed by atoms with Crippen molar-refractivity contribution in [1.82, 2.24) is 9.97 Å². The Kier molecular flexibility index (Phi) is 2.74. The summed E-state index contributed by atoms with van der Waals surface area (Å²) in [6, 6.07) is 12.6. The highest BCUT2D eigenvalue weighted by Gasteiger charge is 2.49. The number of anilines is 1. The van der Waals surface area contributed by atoms with Gasteiger partial charge in [0, 0.05) is 4.88 Å². The molecule has 0 amide bonds. The minimum absolute atomic E-state index is 0.0288. The molecule has 1 fully saturated rings. The lowest BCUT2D eigenvalue weighted by Gasteiger charge is -2.15. The van der Waals surface area contributed by atoms with Crippen LogP contribution in [-0.4, -0.2) is 9.97 Å². The van der Waals surface area contributed by atoms with Crippen molar-refractivity contribution in [3.63, 3.8) is 0 Å². The van der Waals surface area contributed by atoms with Crippen molar-refractivity contribution in [2.45, 2.75) is 25.2 Å². The predicted octanol–water partition coefficient (Wildman–Crippen LogP) is 3.37. The molecule has 1 aliphatic carbocycles. The lowest BCUT2D eigenvalue weighted by Crippen LogP contribution is -2.16. The Hall–Kier alpha value is -1.98. The maximum Gasteiger partial charge on any atom is 0.152 e. The molecule has 4 nitrogen and oxygen atoms in total. The maximum atomic E-state index is 5.66. The highest BCUT2D eigenvalue weighted by atomic mass is 32.1. The molecule has 21 heavy (non-hydrogen) atoms. The van der Waals surface area contributed by atoms with Gasteiger partial charge in [-0.05, 0) is 31.4 Å². The molecular formula is C16H16N4S. The van der Waals surface area contributed by atoms with Gasteiger partial charge in [-0.2, -0.15) is 0 Å². The van der Waals surface area contributed by atoms with Gasteiger partial charge in [0.1, 0.15) is 10.7 Å². The molecular weight excluding hydrogens is 280 g/mol. The predicted molar refractivity (Wildman–Crippen MR) is 86.4 cm³/mol. The Labute approximate surface area is 127 Å². The van der Waals surface area contributed by atoms with Crippen molar-refractivity contribution in [3.8, 4) is 0 Å². The van der Waals surface area contributed by atoms with E-state index in [2.05, 4.69) is 42.7 Å². The summed E-state index contributed by atoms with van der Waals surface area (Å²) in [5, 5.41) is 1.01. The smallest absolute Gasteiger partial charge is 0.152 e. The van der Waals surface area contributed by atoms with Crippen LogP contribution < -0.4 is 11.3 Å². The first-order valence-electron chi connectivity index (χ1n) is 7.04. The van der Waals surface area contributed by atoms with Gasteiger partial charge >= 0.3 is 0 Å². The van der Waals surface area contributed by atoms with Crippen molar-refractivity contribution in [3.05, 3.63) is 52.7 Å². The molecule has 0 bridgehead atoms. The summed E-state index contributed by atoms with van der Waals surface area (Å²) >= 11 is 1.69. The molecule has 0 saturated heterocycles. The molecule has 0 aliphatic heterocycles. The quantitative estimate of drug-likeness (QED) is 0.574. The zero-order valence-corrected chi connectivity index (χ0v) is 12.6. The van der Waals surface area contributed by atoms with Crippen LogP contribution in [0.15, 0.2) is 36.4 Å². The number of hydrogen-bond acceptors (Lipinski definition) is 5. The number of rotatable bonds is 3. The fourth-order valence-electron chi connectivity index (χ4n) is 2.89. The molecule has 106 valence electrons. The van der Waals surface area contributed by atoms with Gasteiger partial charge < -0.3 is 5.43 Å². The largest absolute Gasteiger partial charge is 0.308 e. The average molecular weight is 296 g/mol. The molecule has 4 rings (SSSR count). The maximum absolute atomic E-state index is 5.66. The van der Waals surface area contributed by atoms with E-state index in [4.69, 9.17) is 15.8 Å². The lowest BCUT2D eigenvalue weighted by molar-refractivity contribution is 0.765. The van der Waals surface area contributed by atoms with Crippen LogP contribution in [0.25, 0.3) is 10.2 Å². The Morgan fingerprint density at radius 3 is 2.62 bits per heavy atom. The van der Waals surface area contributed by atoms with Crippen molar-refractivity contribution >= 4 is 27.4 Å². The van der Waals surface area contributed by atoms with Gasteiger partial charge in [0.15, 0.2) is 5.82 Å². The van der Waals surface area contributed by atoms with Crippen LogP contribution in [0.1, 0.15) is 29.1 Å². The molecule has 0 atom stereocenters. The van der Waals surface area contributed by atoms with Gasteiger partial charge in [0.2, 0.25) is 0 Å². The molecule has 2 aromatic heterocycles. The number of aromatic nitrogens is 2. The molecule has 5 heteroatoms. The number of hydrazine groups is 1. The van der Waals surface area contributed by atoms with Gasteiger partial charge in [-0.1, -0.05) is 30.3 Å². The fourth-order valence-corrected chi connectivity index (χ4v) is 3.77. The number of fused-ring (bicyclic) bond motifs is 1. The Morgan fingerprint density at radius 1 is 1.19 bits per heavy atom. The molecule has 3 N–H and O–H groups in total. The van der Waals surface area contributed by atoms with E-state index in [9.17, 15) is 0 Å². The monoisotopic (exact) mass is 296 g/mol. The first-order valence-corrected chi connectivity index (χ1v) is 7.85. The van der Waals surface area contributed by atoms with E-state index in [0.29, 0.717) is 0 Å². The molecule has 0 radical (unpaired) electrons. The Bertz CT molecular complexity index is 806. The van der Waals surface area contributed by atoms with Crippen LogP contribution in [0.2, 0.25) is 0 Å². The van der Waals surface area contributed by atoms with E-state index in [1.165, 1.54) is 10.4 Å². The van der Waals surface area contributed by atoms with Crippen molar-refractivity contribution in [2.75, 3.05) is 5.43 Å². The number of nitrogens with two attached hydrogens (primary N) is 1. The highest BCUT2D eigenvalue weighted by molar-refractivity contribution is 7.18. The van der Waals surface area contributed by atoms with Crippen LogP contribution in [0.4, 0.5) is 5.82 Å².